The Kier molecular flexibility index (Phi) is 6.14. The second-order valence-corrected chi connectivity index (χ2v) is 8.56. The van der Waals surface area contributed by atoms with Crippen molar-refractivity contribution in [1.82, 2.24) is 4.72 Å². The van der Waals surface area contributed by atoms with Gasteiger partial charge in [0, 0.05) is 25.7 Å². The van der Waals surface area contributed by atoms with Crippen LogP contribution in [0.5, 0.6) is 11.5 Å². The number of methoxy groups -OCH3 is 2. The summed E-state index contributed by atoms with van der Waals surface area (Å²) in [7, 11) is -0.522. The molecule has 1 saturated heterocycles. The van der Waals surface area contributed by atoms with Crippen molar-refractivity contribution in [3.05, 3.63) is 47.5 Å². The fraction of sp³-hybridized carbons (Fsp3) is 0.368. The average molecular weight is 411 g/mol. The van der Waals surface area contributed by atoms with Gasteiger partial charge in [-0.2, -0.15) is 0 Å². The van der Waals surface area contributed by atoms with Crippen LogP contribution in [0.15, 0.2) is 47.4 Å². The lowest BCUT2D eigenvalue weighted by Gasteiger charge is -2.21. The largest absolute Gasteiger partial charge is 0.497 e. The smallest absolute Gasteiger partial charge is 0.242 e. The van der Waals surface area contributed by atoms with Crippen LogP contribution in [-0.4, -0.2) is 42.3 Å². The van der Waals surface area contributed by atoms with Gasteiger partial charge in [-0.05, 0) is 36.6 Å². The van der Waals surface area contributed by atoms with E-state index >= 15 is 0 Å². The highest BCUT2D eigenvalue weighted by Crippen LogP contribution is 2.32. The summed E-state index contributed by atoms with van der Waals surface area (Å²) in [5.74, 6) is 1.55. The minimum absolute atomic E-state index is 0.0598. The summed E-state index contributed by atoms with van der Waals surface area (Å²) < 4.78 is 38.3. The van der Waals surface area contributed by atoms with Gasteiger partial charge in [-0.15, -0.1) is 0 Å². The average Bonchev–Trinajstić information content (AvgIpc) is 3.15. The van der Waals surface area contributed by atoms with E-state index in [1.165, 1.54) is 19.2 Å². The Morgan fingerprint density at radius 1 is 1.19 bits per heavy atom. The van der Waals surface area contributed by atoms with Gasteiger partial charge in [0.2, 0.25) is 10.0 Å². The molecule has 2 aromatic carbocycles. The zero-order chi connectivity index (χ0) is 19.4. The molecule has 1 heterocycles. The third-order valence-corrected chi connectivity index (χ3v) is 6.61. The third-order valence-electron chi connectivity index (χ3n) is 4.70. The number of hydrogen-bond acceptors (Lipinski definition) is 5. The Hall–Kier alpha value is -1.96. The van der Waals surface area contributed by atoms with Crippen molar-refractivity contribution in [3.63, 3.8) is 0 Å². The van der Waals surface area contributed by atoms with E-state index in [9.17, 15) is 8.42 Å². The highest BCUT2D eigenvalue weighted by atomic mass is 35.5. The highest BCUT2D eigenvalue weighted by molar-refractivity contribution is 7.89. The summed E-state index contributed by atoms with van der Waals surface area (Å²) in [5, 5.41) is 0.143. The number of hydrogen-bond donors (Lipinski definition) is 1. The Morgan fingerprint density at radius 3 is 2.67 bits per heavy atom. The van der Waals surface area contributed by atoms with Crippen molar-refractivity contribution in [3.8, 4) is 11.5 Å². The molecule has 1 N–H and O–H groups in total. The van der Waals surface area contributed by atoms with E-state index in [0.717, 1.165) is 30.9 Å². The van der Waals surface area contributed by atoms with Gasteiger partial charge in [0.05, 0.1) is 24.9 Å². The Labute approximate surface area is 165 Å². The van der Waals surface area contributed by atoms with Crippen molar-refractivity contribution in [1.29, 1.82) is 0 Å². The highest BCUT2D eigenvalue weighted by Gasteiger charge is 2.27. The molecule has 1 unspecified atom stereocenters. The number of para-hydroxylation sites is 2. The zero-order valence-corrected chi connectivity index (χ0v) is 16.9. The lowest BCUT2D eigenvalue weighted by atomic mass is 10.1. The molecule has 6 nitrogen and oxygen atoms in total. The second-order valence-electron chi connectivity index (χ2n) is 6.42. The van der Waals surface area contributed by atoms with Crippen LogP contribution in [0.1, 0.15) is 6.42 Å². The molecule has 0 spiro atoms. The molecule has 8 heteroatoms. The summed E-state index contributed by atoms with van der Waals surface area (Å²) in [5.41, 5.74) is 1.03. The molecule has 0 saturated carbocycles. The van der Waals surface area contributed by atoms with E-state index in [1.54, 1.807) is 13.2 Å². The Morgan fingerprint density at radius 2 is 1.96 bits per heavy atom. The van der Waals surface area contributed by atoms with Gasteiger partial charge < -0.3 is 14.4 Å². The van der Waals surface area contributed by atoms with Gasteiger partial charge in [-0.3, -0.25) is 0 Å². The van der Waals surface area contributed by atoms with E-state index in [0.29, 0.717) is 12.3 Å². The molecule has 1 fully saturated rings. The van der Waals surface area contributed by atoms with Crippen LogP contribution in [0.25, 0.3) is 0 Å². The minimum atomic E-state index is -3.68. The lowest BCUT2D eigenvalue weighted by molar-refractivity contribution is 0.414. The second kappa shape index (κ2) is 8.37. The summed E-state index contributed by atoms with van der Waals surface area (Å²) in [6.45, 7) is 1.98. The first-order valence-electron chi connectivity index (χ1n) is 8.66. The first-order valence-corrected chi connectivity index (χ1v) is 10.5. The van der Waals surface area contributed by atoms with Crippen LogP contribution < -0.4 is 19.1 Å². The molecule has 0 aromatic heterocycles. The molecule has 0 radical (unpaired) electrons. The van der Waals surface area contributed by atoms with Gasteiger partial charge in [0.1, 0.15) is 16.4 Å². The fourth-order valence-electron chi connectivity index (χ4n) is 3.24. The number of nitrogens with one attached hydrogen (secondary N) is 1. The van der Waals surface area contributed by atoms with Crippen molar-refractivity contribution in [2.24, 2.45) is 5.92 Å². The molecule has 2 aromatic rings. The standard InChI is InChI=1S/C19H23ClN2O4S/c1-25-15-7-8-19(16(20)11-15)27(23,24)21-12-14-9-10-22(13-14)17-5-3-4-6-18(17)26-2/h3-8,11,14,21H,9-10,12-13H2,1-2H3. The quantitative estimate of drug-likeness (QED) is 0.759. The minimum Gasteiger partial charge on any atom is -0.497 e. The SMILES string of the molecule is COc1ccc(S(=O)(=O)NCC2CCN(c3ccccc3OC)C2)c(Cl)c1. The first-order chi connectivity index (χ1) is 12.9. The van der Waals surface area contributed by atoms with Crippen LogP contribution in [0.3, 0.4) is 0 Å². The Balaban J connectivity index is 1.64. The zero-order valence-electron chi connectivity index (χ0n) is 15.3. The van der Waals surface area contributed by atoms with E-state index in [1.807, 2.05) is 24.3 Å². The molecule has 0 aliphatic carbocycles. The third kappa shape index (κ3) is 4.48. The molecule has 146 valence electrons. The van der Waals surface area contributed by atoms with E-state index < -0.39 is 10.0 Å². The van der Waals surface area contributed by atoms with Crippen molar-refractivity contribution < 1.29 is 17.9 Å². The maximum Gasteiger partial charge on any atom is 0.242 e. The van der Waals surface area contributed by atoms with E-state index in [-0.39, 0.29) is 15.8 Å². The fourth-order valence-corrected chi connectivity index (χ4v) is 4.89. The van der Waals surface area contributed by atoms with Gasteiger partial charge in [-0.1, -0.05) is 23.7 Å². The number of nitrogens with zero attached hydrogens (tertiary/aromatic N) is 1. The molecular weight excluding hydrogens is 388 g/mol. The summed E-state index contributed by atoms with van der Waals surface area (Å²) in [6.07, 6.45) is 0.900. The number of anilines is 1. The van der Waals surface area contributed by atoms with Crippen LogP contribution in [0.4, 0.5) is 5.69 Å². The van der Waals surface area contributed by atoms with Crippen LogP contribution in [-0.2, 0) is 10.0 Å². The predicted octanol–water partition coefficient (Wildman–Crippen LogP) is 3.16. The molecule has 0 amide bonds. The number of rotatable bonds is 7. The molecule has 1 aliphatic heterocycles. The maximum absolute atomic E-state index is 12.6. The van der Waals surface area contributed by atoms with Gasteiger partial charge in [0.15, 0.2) is 0 Å². The van der Waals surface area contributed by atoms with Gasteiger partial charge in [-0.25, -0.2) is 13.1 Å². The van der Waals surface area contributed by atoms with Crippen molar-refractivity contribution >= 4 is 27.3 Å². The topological polar surface area (TPSA) is 67.9 Å². The number of sulfonamides is 1. The van der Waals surface area contributed by atoms with Gasteiger partial charge in [0.25, 0.3) is 0 Å². The van der Waals surface area contributed by atoms with E-state index in [4.69, 9.17) is 21.1 Å². The molecule has 1 aliphatic rings. The normalized spacial score (nSPS) is 17.1. The monoisotopic (exact) mass is 410 g/mol. The predicted molar refractivity (Wildman–Crippen MR) is 107 cm³/mol. The summed E-state index contributed by atoms with van der Waals surface area (Å²) >= 11 is 6.10. The van der Waals surface area contributed by atoms with Crippen molar-refractivity contribution in [2.75, 3.05) is 38.8 Å². The molecule has 27 heavy (non-hydrogen) atoms. The summed E-state index contributed by atoms with van der Waals surface area (Å²) in [6, 6.07) is 12.4. The molecule has 3 rings (SSSR count). The van der Waals surface area contributed by atoms with Crippen LogP contribution in [0.2, 0.25) is 5.02 Å². The first kappa shape index (κ1) is 19.8. The number of halogens is 1. The molecule has 1 atom stereocenters. The van der Waals surface area contributed by atoms with Crippen LogP contribution in [0, 0.1) is 5.92 Å². The van der Waals surface area contributed by atoms with E-state index in [2.05, 4.69) is 9.62 Å². The maximum atomic E-state index is 12.6. The number of benzene rings is 2. The van der Waals surface area contributed by atoms with Crippen LogP contribution >= 0.6 is 11.6 Å². The lowest BCUT2D eigenvalue weighted by Crippen LogP contribution is -2.31. The van der Waals surface area contributed by atoms with Gasteiger partial charge >= 0.3 is 0 Å². The molecular formula is C19H23ClN2O4S. The Bertz CT molecular complexity index is 904. The summed E-state index contributed by atoms with van der Waals surface area (Å²) in [4.78, 5) is 2.28. The molecule has 0 bridgehead atoms. The van der Waals surface area contributed by atoms with Crippen molar-refractivity contribution in [2.45, 2.75) is 11.3 Å². The number of ether oxygens (including phenoxy) is 2.